The summed E-state index contributed by atoms with van der Waals surface area (Å²) in [6, 6.07) is 0. The lowest BCUT2D eigenvalue weighted by Gasteiger charge is -2.12. The van der Waals surface area contributed by atoms with E-state index in [0.717, 1.165) is 18.8 Å². The topological polar surface area (TPSA) is 82.7 Å². The van der Waals surface area contributed by atoms with Crippen LogP contribution in [0, 0.1) is 0 Å². The van der Waals surface area contributed by atoms with E-state index in [1.165, 1.54) is 0 Å². The van der Waals surface area contributed by atoms with Crippen molar-refractivity contribution in [2.24, 2.45) is 0 Å². The number of aromatic amines is 1. The summed E-state index contributed by atoms with van der Waals surface area (Å²) < 4.78 is 0. The van der Waals surface area contributed by atoms with E-state index in [2.05, 4.69) is 25.8 Å². The average molecular weight is 239 g/mol. The number of hydrogen-bond acceptors (Lipinski definition) is 4. The lowest BCUT2D eigenvalue weighted by molar-refractivity contribution is 0.0943. The summed E-state index contributed by atoms with van der Waals surface area (Å²) in [4.78, 5) is 15.9. The fourth-order valence-electron chi connectivity index (χ4n) is 1.24. The van der Waals surface area contributed by atoms with Crippen molar-refractivity contribution < 1.29 is 4.79 Å². The maximum Gasteiger partial charge on any atom is 0.290 e. The van der Waals surface area contributed by atoms with E-state index < -0.39 is 0 Å². The molecular weight excluding hydrogens is 218 g/mol. The Bertz CT molecular complexity index is 366. The van der Waals surface area contributed by atoms with Crippen LogP contribution in [0.1, 0.15) is 43.6 Å². The Morgan fingerprint density at radius 1 is 1.35 bits per heavy atom. The highest BCUT2D eigenvalue weighted by molar-refractivity contribution is 5.90. The molecule has 0 unspecified atom stereocenters. The first-order chi connectivity index (χ1) is 7.95. The molecule has 1 rings (SSSR count). The summed E-state index contributed by atoms with van der Waals surface area (Å²) in [5.41, 5.74) is -0.127. The zero-order valence-electron chi connectivity index (χ0n) is 10.9. The Morgan fingerprint density at radius 3 is 2.59 bits per heavy atom. The van der Waals surface area contributed by atoms with E-state index >= 15 is 0 Å². The molecule has 0 fully saturated rings. The van der Waals surface area contributed by atoms with E-state index in [1.807, 2.05) is 27.8 Å². The number of nitrogens with zero attached hydrogens (tertiary/aromatic N) is 2. The van der Waals surface area contributed by atoms with Crippen LogP contribution in [0.15, 0.2) is 0 Å². The first kappa shape index (κ1) is 13.6. The van der Waals surface area contributed by atoms with Crippen molar-refractivity contribution in [2.75, 3.05) is 20.1 Å². The number of carbonyl (C=O) groups excluding carboxylic acids is 1. The van der Waals surface area contributed by atoms with E-state index in [1.54, 1.807) is 0 Å². The highest BCUT2D eigenvalue weighted by Gasteiger charge is 2.20. The quantitative estimate of drug-likeness (QED) is 0.651. The molecule has 6 heteroatoms. The summed E-state index contributed by atoms with van der Waals surface area (Å²) in [6.07, 6.45) is 0.888. The zero-order valence-corrected chi connectivity index (χ0v) is 10.9. The Morgan fingerprint density at radius 2 is 2.06 bits per heavy atom. The van der Waals surface area contributed by atoms with E-state index in [0.29, 0.717) is 6.54 Å². The van der Waals surface area contributed by atoms with Crippen molar-refractivity contribution in [2.45, 2.75) is 32.6 Å². The van der Waals surface area contributed by atoms with Gasteiger partial charge in [-0.3, -0.25) is 9.89 Å². The predicted molar refractivity (Wildman–Crippen MR) is 66.0 cm³/mol. The van der Waals surface area contributed by atoms with Gasteiger partial charge in [-0.05, 0) is 20.0 Å². The smallest absolute Gasteiger partial charge is 0.290 e. The van der Waals surface area contributed by atoms with Crippen molar-refractivity contribution in [3.8, 4) is 0 Å². The molecule has 1 heterocycles. The van der Waals surface area contributed by atoms with Crippen LogP contribution in [-0.4, -0.2) is 41.2 Å². The summed E-state index contributed by atoms with van der Waals surface area (Å²) >= 11 is 0. The van der Waals surface area contributed by atoms with Gasteiger partial charge in [-0.1, -0.05) is 20.8 Å². The molecule has 1 amide bonds. The van der Waals surface area contributed by atoms with Crippen molar-refractivity contribution >= 4 is 5.91 Å². The number of aromatic nitrogens is 3. The normalized spacial score (nSPS) is 11.5. The maximum atomic E-state index is 11.7. The molecule has 0 aliphatic carbocycles. The number of carbonyl (C=O) groups is 1. The van der Waals surface area contributed by atoms with Crippen LogP contribution in [-0.2, 0) is 5.41 Å². The molecular formula is C11H21N5O. The first-order valence-electron chi connectivity index (χ1n) is 5.81. The minimum Gasteiger partial charge on any atom is -0.349 e. The molecule has 0 saturated carbocycles. The predicted octanol–water partition coefficient (Wildman–Crippen LogP) is 0.441. The molecule has 0 radical (unpaired) electrons. The lowest BCUT2D eigenvalue weighted by atomic mass is 9.96. The summed E-state index contributed by atoms with van der Waals surface area (Å²) in [6.45, 7) is 7.55. The highest BCUT2D eigenvalue weighted by Crippen LogP contribution is 2.17. The molecule has 17 heavy (non-hydrogen) atoms. The average Bonchev–Trinajstić information content (AvgIpc) is 2.72. The number of nitrogens with one attached hydrogen (secondary N) is 3. The van der Waals surface area contributed by atoms with E-state index in [4.69, 9.17) is 0 Å². The fraction of sp³-hybridized carbons (Fsp3) is 0.727. The van der Waals surface area contributed by atoms with E-state index in [9.17, 15) is 4.79 Å². The molecule has 6 nitrogen and oxygen atoms in total. The standard InChI is InChI=1S/C11H21N5O/c1-11(2,3)10-14-8(15-16-10)9(17)13-7-5-6-12-4/h12H,5-7H2,1-4H3,(H,13,17)(H,14,15,16). The second-order valence-electron chi connectivity index (χ2n) is 4.97. The zero-order chi connectivity index (χ0) is 12.9. The van der Waals surface area contributed by atoms with Gasteiger partial charge in [-0.2, -0.15) is 0 Å². The minimum absolute atomic E-state index is 0.127. The Labute approximate surface area is 102 Å². The molecule has 3 N–H and O–H groups in total. The molecule has 0 aromatic carbocycles. The van der Waals surface area contributed by atoms with Crippen LogP contribution in [0.25, 0.3) is 0 Å². The van der Waals surface area contributed by atoms with E-state index in [-0.39, 0.29) is 17.1 Å². The van der Waals surface area contributed by atoms with Crippen molar-refractivity contribution in [1.82, 2.24) is 25.8 Å². The third-order valence-electron chi connectivity index (χ3n) is 2.29. The monoisotopic (exact) mass is 239 g/mol. The van der Waals surface area contributed by atoms with Crippen molar-refractivity contribution in [3.63, 3.8) is 0 Å². The van der Waals surface area contributed by atoms with Crippen LogP contribution >= 0.6 is 0 Å². The largest absolute Gasteiger partial charge is 0.349 e. The lowest BCUT2D eigenvalue weighted by Crippen LogP contribution is -2.27. The summed E-state index contributed by atoms with van der Waals surface area (Å²) in [5, 5.41) is 12.5. The Kier molecular flexibility index (Phi) is 4.62. The molecule has 1 aromatic heterocycles. The van der Waals surface area contributed by atoms with Gasteiger partial charge >= 0.3 is 0 Å². The molecule has 0 aliphatic rings. The highest BCUT2D eigenvalue weighted by atomic mass is 16.2. The number of rotatable bonds is 5. The third kappa shape index (κ3) is 4.14. The Balaban J connectivity index is 2.50. The van der Waals surface area contributed by atoms with Crippen LogP contribution in [0.4, 0.5) is 0 Å². The summed E-state index contributed by atoms with van der Waals surface area (Å²) in [7, 11) is 1.88. The van der Waals surface area contributed by atoms with Crippen molar-refractivity contribution in [3.05, 3.63) is 11.6 Å². The minimum atomic E-state index is -0.229. The second kappa shape index (κ2) is 5.77. The van der Waals surface area contributed by atoms with Crippen LogP contribution in [0.3, 0.4) is 0 Å². The molecule has 0 bridgehead atoms. The van der Waals surface area contributed by atoms with Gasteiger partial charge in [0.15, 0.2) is 0 Å². The third-order valence-corrected chi connectivity index (χ3v) is 2.29. The van der Waals surface area contributed by atoms with Gasteiger partial charge in [-0.15, -0.1) is 5.10 Å². The molecule has 1 aromatic rings. The van der Waals surface area contributed by atoms with Gasteiger partial charge in [0.1, 0.15) is 5.82 Å². The van der Waals surface area contributed by atoms with Gasteiger partial charge in [0.2, 0.25) is 5.82 Å². The van der Waals surface area contributed by atoms with Gasteiger partial charge in [-0.25, -0.2) is 4.98 Å². The molecule has 0 aliphatic heterocycles. The van der Waals surface area contributed by atoms with Crippen molar-refractivity contribution in [1.29, 1.82) is 0 Å². The molecule has 96 valence electrons. The number of hydrogen-bond donors (Lipinski definition) is 3. The molecule has 0 atom stereocenters. The van der Waals surface area contributed by atoms with Gasteiger partial charge in [0, 0.05) is 12.0 Å². The SMILES string of the molecule is CNCCCNC(=O)c1n[nH]c(C(C)(C)C)n1. The van der Waals surface area contributed by atoms with Crippen LogP contribution in [0.2, 0.25) is 0 Å². The number of H-pyrrole nitrogens is 1. The van der Waals surface area contributed by atoms with Crippen LogP contribution in [0.5, 0.6) is 0 Å². The van der Waals surface area contributed by atoms with Gasteiger partial charge < -0.3 is 10.6 Å². The fourth-order valence-corrected chi connectivity index (χ4v) is 1.24. The second-order valence-corrected chi connectivity index (χ2v) is 4.97. The summed E-state index contributed by atoms with van der Waals surface area (Å²) in [5.74, 6) is 0.699. The van der Waals surface area contributed by atoms with Gasteiger partial charge in [0.05, 0.1) is 0 Å². The molecule has 0 saturated heterocycles. The molecule has 0 spiro atoms. The maximum absolute atomic E-state index is 11.7. The van der Waals surface area contributed by atoms with Gasteiger partial charge in [0.25, 0.3) is 5.91 Å². The first-order valence-corrected chi connectivity index (χ1v) is 5.81. The Hall–Kier alpha value is -1.43. The van der Waals surface area contributed by atoms with Crippen LogP contribution < -0.4 is 10.6 Å². The number of amides is 1.